The number of rotatable bonds is 9. The lowest BCUT2D eigenvalue weighted by Gasteiger charge is -2.48. The van der Waals surface area contributed by atoms with Crippen molar-refractivity contribution in [1.29, 1.82) is 0 Å². The van der Waals surface area contributed by atoms with Crippen LogP contribution in [-0.2, 0) is 57.0 Å². The fourth-order valence-electron chi connectivity index (χ4n) is 10.9. The molecule has 1 spiro atoms. The molecule has 0 aromatic heterocycles. The second-order valence-electron chi connectivity index (χ2n) is 19.5. The zero-order valence-electron chi connectivity index (χ0n) is 42.7. The van der Waals surface area contributed by atoms with E-state index in [9.17, 15) is 19.8 Å². The molecule has 0 aromatic carbocycles. The standard InChI is InChI=1S/C50H75NO14/c1-12-26(2)45-29(5)18-19-49(65-45)24-36-21-35(64-49)17-16-28(4)44(27(3)14-13-15-34-25-58-47-43(53)30(6)20-37(48(54)61-36)50(34,47)55)62-41-23-39(57-11)46(32(8)60-41)63-40-22-38(56-10)42(31(7)59-40)51-33(9)52/h13-16,18-20,26-27,29,31-32,35-47,53,55H,12,17,21-25H2,1-11H3,(H,51,52)/b14-13+,28-16+,34-15+/t26-,27-,29-,31-,32-,35+,36-,37-,38-,39-,40-,41-,42+,43+,44-,45+,46-,47+,49+,50+/m0/s1/i9D3,33+1. The van der Waals surface area contributed by atoms with Gasteiger partial charge in [-0.25, -0.2) is 0 Å². The fourth-order valence-corrected chi connectivity index (χ4v) is 10.9. The fraction of sp³-hybridized carbons (Fsp3) is 0.760. The lowest BCUT2D eigenvalue weighted by molar-refractivity contribution is -0.311. The molecule has 15 heteroatoms. The largest absolute Gasteiger partial charge is 0.462 e. The molecule has 6 heterocycles. The van der Waals surface area contributed by atoms with Crippen molar-refractivity contribution < 1.29 is 71.3 Å². The summed E-state index contributed by atoms with van der Waals surface area (Å²) in [6.45, 7) is 13.0. The molecule has 20 atom stereocenters. The van der Waals surface area contributed by atoms with Gasteiger partial charge in [-0.05, 0) is 62.8 Å². The van der Waals surface area contributed by atoms with E-state index in [1.807, 2.05) is 39.0 Å². The first-order valence-corrected chi connectivity index (χ1v) is 23.6. The van der Waals surface area contributed by atoms with Crippen LogP contribution in [0.1, 0.15) is 105 Å². The minimum Gasteiger partial charge on any atom is -0.462 e. The number of hydrogen-bond donors (Lipinski definition) is 3. The highest BCUT2D eigenvalue weighted by Crippen LogP contribution is 2.47. The molecule has 6 aliphatic heterocycles. The van der Waals surface area contributed by atoms with Crippen molar-refractivity contribution in [3.05, 3.63) is 59.3 Å². The first kappa shape index (κ1) is 46.0. The Morgan fingerprint density at radius 1 is 0.969 bits per heavy atom. The maximum absolute atomic E-state index is 14.4. The Morgan fingerprint density at radius 2 is 1.69 bits per heavy atom. The van der Waals surface area contributed by atoms with Gasteiger partial charge >= 0.3 is 5.97 Å². The van der Waals surface area contributed by atoms with E-state index in [-0.39, 0.29) is 43.3 Å². The first-order chi connectivity index (χ1) is 32.1. The number of fused-ring (bicyclic) bond motifs is 2. The molecule has 0 unspecified atom stereocenters. The lowest BCUT2D eigenvalue weighted by atomic mass is 9.71. The molecule has 0 radical (unpaired) electrons. The molecule has 0 aromatic rings. The van der Waals surface area contributed by atoms with Crippen molar-refractivity contribution in [2.75, 3.05) is 20.8 Å². The monoisotopic (exact) mass is 918 g/mol. The van der Waals surface area contributed by atoms with Gasteiger partial charge in [-0.15, -0.1) is 0 Å². The van der Waals surface area contributed by atoms with Crippen molar-refractivity contribution in [1.82, 2.24) is 5.32 Å². The van der Waals surface area contributed by atoms with E-state index in [4.69, 9.17) is 51.5 Å². The molecule has 65 heavy (non-hydrogen) atoms. The van der Waals surface area contributed by atoms with Crippen molar-refractivity contribution in [2.24, 2.45) is 23.7 Å². The maximum atomic E-state index is 14.4. The van der Waals surface area contributed by atoms with E-state index in [2.05, 4.69) is 38.2 Å². The van der Waals surface area contributed by atoms with E-state index in [0.717, 1.165) is 12.0 Å². The summed E-state index contributed by atoms with van der Waals surface area (Å²) in [7, 11) is 3.10. The Bertz CT molecular complexity index is 1960. The van der Waals surface area contributed by atoms with Gasteiger partial charge in [-0.3, -0.25) is 9.59 Å². The van der Waals surface area contributed by atoms with E-state index in [0.29, 0.717) is 30.4 Å². The summed E-state index contributed by atoms with van der Waals surface area (Å²) in [5.74, 6) is -3.81. The molecule has 1 amide bonds. The Hall–Kier alpha value is -2.80. The van der Waals surface area contributed by atoms with Crippen LogP contribution >= 0.6 is 0 Å². The Kier molecular flexibility index (Phi) is 14.7. The van der Waals surface area contributed by atoms with E-state index >= 15 is 0 Å². The van der Waals surface area contributed by atoms with Gasteiger partial charge in [0, 0.05) is 62.7 Å². The number of carbonyl (C=O) groups is 2. The zero-order chi connectivity index (χ0) is 49.5. The van der Waals surface area contributed by atoms with Crippen molar-refractivity contribution in [3.63, 3.8) is 0 Å². The number of esters is 1. The van der Waals surface area contributed by atoms with Crippen LogP contribution in [0.4, 0.5) is 0 Å². The van der Waals surface area contributed by atoms with Gasteiger partial charge in [-0.2, -0.15) is 0 Å². The predicted molar refractivity (Wildman–Crippen MR) is 239 cm³/mol. The molecule has 4 fully saturated rings. The van der Waals surface area contributed by atoms with E-state index < -0.39 is 116 Å². The summed E-state index contributed by atoms with van der Waals surface area (Å²) in [5.41, 5.74) is 0.0180. The smallest absolute Gasteiger partial charge is 0.316 e. The first-order valence-electron chi connectivity index (χ1n) is 25.1. The number of nitrogens with one attached hydrogen (secondary N) is 1. The summed E-state index contributed by atoms with van der Waals surface area (Å²) in [5, 5.41) is 26.3. The summed E-state index contributed by atoms with van der Waals surface area (Å²) in [6.07, 6.45) is 7.77. The van der Waals surface area contributed by atoms with Crippen molar-refractivity contribution in [2.45, 2.75) is 198 Å². The average molecular weight is 918 g/mol. The quantitative estimate of drug-likeness (QED) is 0.150. The highest BCUT2D eigenvalue weighted by Gasteiger charge is 2.60. The molecule has 2 bridgehead atoms. The predicted octanol–water partition coefficient (Wildman–Crippen LogP) is 5.52. The zero-order valence-corrected chi connectivity index (χ0v) is 39.7. The molecule has 7 rings (SSSR count). The topological polar surface area (TPSA) is 179 Å². The number of hydrogen-bond acceptors (Lipinski definition) is 14. The van der Waals surface area contributed by atoms with E-state index in [1.54, 1.807) is 33.1 Å². The Morgan fingerprint density at radius 3 is 2.42 bits per heavy atom. The second-order valence-corrected chi connectivity index (χ2v) is 19.5. The summed E-state index contributed by atoms with van der Waals surface area (Å²) in [6, 6.07) is -0.708. The van der Waals surface area contributed by atoms with Crippen LogP contribution in [-0.4, -0.2) is 140 Å². The van der Waals surface area contributed by atoms with Gasteiger partial charge in [0.1, 0.15) is 35.9 Å². The van der Waals surface area contributed by atoms with Crippen LogP contribution in [0.3, 0.4) is 0 Å². The number of aliphatic hydroxyl groups excluding tert-OH is 1. The third kappa shape index (κ3) is 10.6. The number of amides is 1. The minimum atomic E-state index is -2.82. The average Bonchev–Trinajstić information content (AvgIpc) is 3.63. The highest BCUT2D eigenvalue weighted by atomic mass is 16.7. The normalized spacial score (nSPS) is 48.2. The van der Waals surface area contributed by atoms with Crippen molar-refractivity contribution >= 4 is 11.9 Å². The minimum absolute atomic E-state index is 0.00510. The number of aliphatic hydroxyl groups is 2. The van der Waals surface area contributed by atoms with Gasteiger partial charge in [0.15, 0.2) is 18.4 Å². The molecule has 15 nitrogen and oxygen atoms in total. The molecule has 1 aliphatic carbocycles. The molecular weight excluding hydrogens is 840 g/mol. The number of ether oxygens (including phenoxy) is 10. The summed E-state index contributed by atoms with van der Waals surface area (Å²) in [4.78, 5) is 26.8. The number of allylic oxidation sites excluding steroid dienone is 2. The third-order valence-electron chi connectivity index (χ3n) is 14.8. The molecule has 7 aliphatic rings. The van der Waals surface area contributed by atoms with Crippen LogP contribution in [0, 0.1) is 23.7 Å². The Labute approximate surface area is 389 Å². The third-order valence-corrected chi connectivity index (χ3v) is 14.8. The van der Waals surface area contributed by atoms with Crippen LogP contribution in [0.5, 0.6) is 0 Å². The second kappa shape index (κ2) is 20.8. The number of methoxy groups -OCH3 is 2. The van der Waals surface area contributed by atoms with E-state index in [1.165, 1.54) is 7.11 Å². The van der Waals surface area contributed by atoms with Crippen LogP contribution in [0.15, 0.2) is 59.3 Å². The number of carbonyl (C=O) groups excluding carboxylic acids is 2. The SMILES string of the molecule is [2H]C([2H])([2H])[13C](=O)N[C@@H]1[C@H](C)O[C@@H](O[C@H]2[C@H](C)O[C@@H](O[C@@H]3/C(C)=C/C[C@@H]4C[C@@H](C[C@]5(C=C[C@H](C)[C@@H]([C@@H](C)CC)O5)O4)OC(=O)[C@@H]4C=C(C)[C@@H](O)[C@H]5OC/C(=C\C=C\[C@@H]3C)[C@]54O)C[C@@H]2OC)C[C@@H]1OC. The van der Waals surface area contributed by atoms with Crippen molar-refractivity contribution in [3.8, 4) is 0 Å². The maximum Gasteiger partial charge on any atom is 0.316 e. The van der Waals surface area contributed by atoms with Gasteiger partial charge in [0.05, 0.1) is 55.4 Å². The van der Waals surface area contributed by atoms with Gasteiger partial charge < -0.3 is 62.9 Å². The van der Waals surface area contributed by atoms with Gasteiger partial charge in [-0.1, -0.05) is 70.6 Å². The highest BCUT2D eigenvalue weighted by molar-refractivity contribution is 5.78. The molecule has 364 valence electrons. The van der Waals surface area contributed by atoms with Gasteiger partial charge in [0.2, 0.25) is 5.91 Å². The summed E-state index contributed by atoms with van der Waals surface area (Å²) < 4.78 is 86.6. The Balaban J connectivity index is 1.14. The van der Waals surface area contributed by atoms with Gasteiger partial charge in [0.25, 0.3) is 0 Å². The van der Waals surface area contributed by atoms with Crippen LogP contribution in [0.2, 0.25) is 0 Å². The molecule has 4 saturated heterocycles. The molecule has 0 saturated carbocycles. The lowest BCUT2D eigenvalue weighted by Crippen LogP contribution is -2.58. The van der Waals surface area contributed by atoms with Crippen LogP contribution in [0.25, 0.3) is 0 Å². The molecule has 3 N–H and O–H groups in total. The molecular formula is C50H75NO14. The summed E-state index contributed by atoms with van der Waals surface area (Å²) >= 11 is 0. The van der Waals surface area contributed by atoms with Crippen LogP contribution < -0.4 is 5.32 Å².